The Morgan fingerprint density at radius 3 is 2.56 bits per heavy atom. The first-order valence-electron chi connectivity index (χ1n) is 4.75. The third-order valence-corrected chi connectivity index (χ3v) is 2.54. The standard InChI is InChI=1S/C9H7N5O4/c1-13-7(16)5-6(11-12-10)4(3-15)18-8(5)14(2)9(13)17/h3H,1-2H3. The van der Waals surface area contributed by atoms with Crippen LogP contribution in [0.4, 0.5) is 5.69 Å². The van der Waals surface area contributed by atoms with Gasteiger partial charge in [0.05, 0.1) is 0 Å². The summed E-state index contributed by atoms with van der Waals surface area (Å²) < 4.78 is 6.96. The Labute approximate surface area is 98.5 Å². The molecule has 2 aromatic heterocycles. The number of carbonyl (C=O) groups excluding carboxylic acids is 1. The maximum Gasteiger partial charge on any atom is 0.333 e. The second-order valence-electron chi connectivity index (χ2n) is 3.51. The summed E-state index contributed by atoms with van der Waals surface area (Å²) in [5.41, 5.74) is 6.82. The first kappa shape index (κ1) is 11.7. The summed E-state index contributed by atoms with van der Waals surface area (Å²) in [6.07, 6.45) is 0.313. The lowest BCUT2D eigenvalue weighted by Gasteiger charge is -2.01. The van der Waals surface area contributed by atoms with E-state index in [0.717, 1.165) is 9.13 Å². The van der Waals surface area contributed by atoms with Crippen molar-refractivity contribution in [1.82, 2.24) is 9.13 Å². The predicted molar refractivity (Wildman–Crippen MR) is 60.9 cm³/mol. The molecule has 0 aliphatic heterocycles. The fourth-order valence-electron chi connectivity index (χ4n) is 1.65. The molecule has 0 unspecified atom stereocenters. The Kier molecular flexibility index (Phi) is 2.53. The molecule has 0 aromatic carbocycles. The molecule has 0 fully saturated rings. The highest BCUT2D eigenvalue weighted by Gasteiger charge is 2.20. The van der Waals surface area contributed by atoms with E-state index in [4.69, 9.17) is 9.95 Å². The molecule has 0 N–H and O–H groups in total. The zero-order valence-electron chi connectivity index (χ0n) is 9.45. The summed E-state index contributed by atoms with van der Waals surface area (Å²) in [4.78, 5) is 36.9. The minimum absolute atomic E-state index is 0.0977. The molecule has 0 atom stereocenters. The van der Waals surface area contributed by atoms with Crippen LogP contribution in [0.1, 0.15) is 10.6 Å². The van der Waals surface area contributed by atoms with Crippen LogP contribution in [-0.4, -0.2) is 15.4 Å². The Hall–Kier alpha value is -2.80. The van der Waals surface area contributed by atoms with Gasteiger partial charge in [-0.15, -0.1) is 0 Å². The van der Waals surface area contributed by atoms with Crippen LogP contribution >= 0.6 is 0 Å². The molecule has 0 amide bonds. The number of furan rings is 1. The first-order chi connectivity index (χ1) is 8.52. The van der Waals surface area contributed by atoms with E-state index in [2.05, 4.69) is 10.0 Å². The van der Waals surface area contributed by atoms with E-state index in [0.29, 0.717) is 6.29 Å². The van der Waals surface area contributed by atoms with Gasteiger partial charge >= 0.3 is 5.69 Å². The van der Waals surface area contributed by atoms with Gasteiger partial charge in [0, 0.05) is 19.0 Å². The van der Waals surface area contributed by atoms with Gasteiger partial charge < -0.3 is 4.42 Å². The zero-order valence-corrected chi connectivity index (χ0v) is 9.45. The smallest absolute Gasteiger partial charge is 0.333 e. The lowest BCUT2D eigenvalue weighted by molar-refractivity contribution is 0.110. The molecule has 0 spiro atoms. The monoisotopic (exact) mass is 249 g/mol. The van der Waals surface area contributed by atoms with Crippen LogP contribution in [0.25, 0.3) is 21.5 Å². The molecule has 0 bridgehead atoms. The molecule has 9 heteroatoms. The van der Waals surface area contributed by atoms with Gasteiger partial charge in [-0.25, -0.2) is 4.79 Å². The number of aromatic nitrogens is 2. The molecule has 0 aliphatic rings. The average Bonchev–Trinajstić information content (AvgIpc) is 2.73. The zero-order chi connectivity index (χ0) is 13.4. The van der Waals surface area contributed by atoms with Crippen LogP contribution < -0.4 is 11.2 Å². The summed E-state index contributed by atoms with van der Waals surface area (Å²) >= 11 is 0. The number of azide groups is 1. The van der Waals surface area contributed by atoms with Crippen molar-refractivity contribution in [3.63, 3.8) is 0 Å². The van der Waals surface area contributed by atoms with Crippen molar-refractivity contribution in [3.05, 3.63) is 37.0 Å². The fourth-order valence-corrected chi connectivity index (χ4v) is 1.65. The number of aryl methyl sites for hydroxylation is 1. The van der Waals surface area contributed by atoms with Gasteiger partial charge in [-0.3, -0.25) is 18.7 Å². The Bertz CT molecular complexity index is 818. The van der Waals surface area contributed by atoms with Gasteiger partial charge in [-0.1, -0.05) is 5.11 Å². The second-order valence-corrected chi connectivity index (χ2v) is 3.51. The lowest BCUT2D eigenvalue weighted by Crippen LogP contribution is -2.36. The topological polar surface area (TPSA) is 123 Å². The Morgan fingerprint density at radius 1 is 1.33 bits per heavy atom. The minimum atomic E-state index is -0.688. The number of rotatable bonds is 2. The Balaban J connectivity index is 3.20. The fraction of sp³-hybridized carbons (Fsp3) is 0.222. The first-order valence-corrected chi connectivity index (χ1v) is 4.75. The maximum absolute atomic E-state index is 11.9. The molecule has 0 saturated heterocycles. The van der Waals surface area contributed by atoms with E-state index in [1.807, 2.05) is 0 Å². The van der Waals surface area contributed by atoms with Gasteiger partial charge in [-0.05, 0) is 5.53 Å². The highest BCUT2D eigenvalue weighted by Crippen LogP contribution is 2.28. The van der Waals surface area contributed by atoms with Crippen LogP contribution in [0.2, 0.25) is 0 Å². The van der Waals surface area contributed by atoms with Gasteiger partial charge in [0.25, 0.3) is 5.56 Å². The van der Waals surface area contributed by atoms with Crippen LogP contribution in [0, 0.1) is 0 Å². The van der Waals surface area contributed by atoms with Gasteiger partial charge in [-0.2, -0.15) is 0 Å². The summed E-state index contributed by atoms with van der Waals surface area (Å²) in [6.45, 7) is 0. The van der Waals surface area contributed by atoms with E-state index >= 15 is 0 Å². The van der Waals surface area contributed by atoms with Crippen molar-refractivity contribution < 1.29 is 9.21 Å². The van der Waals surface area contributed by atoms with Gasteiger partial charge in [0.15, 0.2) is 12.0 Å². The molecule has 0 aliphatic carbocycles. The van der Waals surface area contributed by atoms with Crippen LogP contribution in [0.15, 0.2) is 19.1 Å². The summed E-state index contributed by atoms with van der Waals surface area (Å²) in [5.74, 6) is -0.291. The number of carbonyl (C=O) groups is 1. The van der Waals surface area contributed by atoms with Crippen molar-refractivity contribution in [2.24, 2.45) is 19.2 Å². The molecule has 2 aromatic rings. The van der Waals surface area contributed by atoms with Crippen LogP contribution in [-0.2, 0) is 14.1 Å². The van der Waals surface area contributed by atoms with Crippen LogP contribution in [0.3, 0.4) is 0 Å². The molecule has 0 saturated carbocycles. The van der Waals surface area contributed by atoms with E-state index in [1.165, 1.54) is 14.1 Å². The number of hydrogen-bond acceptors (Lipinski definition) is 5. The van der Waals surface area contributed by atoms with Crippen molar-refractivity contribution in [2.45, 2.75) is 0 Å². The molecule has 18 heavy (non-hydrogen) atoms. The van der Waals surface area contributed by atoms with Crippen molar-refractivity contribution in [3.8, 4) is 0 Å². The highest BCUT2D eigenvalue weighted by molar-refractivity contribution is 5.96. The SMILES string of the molecule is Cn1c(=O)c2c(N=[N+]=[N-])c(C=O)oc2n(C)c1=O. The van der Waals surface area contributed by atoms with Gasteiger partial charge in [0.2, 0.25) is 5.71 Å². The summed E-state index contributed by atoms with van der Waals surface area (Å²) in [7, 11) is 2.65. The number of aldehydes is 1. The molecule has 9 nitrogen and oxygen atoms in total. The number of nitrogens with zero attached hydrogens (tertiary/aromatic N) is 5. The third-order valence-electron chi connectivity index (χ3n) is 2.54. The predicted octanol–water partition coefficient (Wildman–Crippen LogP) is 0.584. The second kappa shape index (κ2) is 3.90. The molecule has 2 rings (SSSR count). The highest BCUT2D eigenvalue weighted by atomic mass is 16.4. The van der Waals surface area contributed by atoms with Crippen molar-refractivity contribution in [1.29, 1.82) is 0 Å². The minimum Gasteiger partial charge on any atom is -0.436 e. The van der Waals surface area contributed by atoms with Crippen molar-refractivity contribution >= 4 is 23.1 Å². The molecular formula is C9H7N5O4. The van der Waals surface area contributed by atoms with E-state index in [1.54, 1.807) is 0 Å². The Morgan fingerprint density at radius 2 is 2.00 bits per heavy atom. The average molecular weight is 249 g/mol. The van der Waals surface area contributed by atoms with E-state index in [9.17, 15) is 14.4 Å². The number of hydrogen-bond donors (Lipinski definition) is 0. The molecular weight excluding hydrogens is 242 g/mol. The van der Waals surface area contributed by atoms with E-state index in [-0.39, 0.29) is 22.5 Å². The molecule has 0 radical (unpaired) electrons. The normalized spacial score (nSPS) is 10.3. The number of fused-ring (bicyclic) bond motifs is 1. The quantitative estimate of drug-likeness (QED) is 0.334. The summed E-state index contributed by atoms with van der Waals surface area (Å²) in [6, 6.07) is 0. The summed E-state index contributed by atoms with van der Waals surface area (Å²) in [5, 5.41) is 3.17. The van der Waals surface area contributed by atoms with Gasteiger partial charge in [0.1, 0.15) is 11.1 Å². The molecule has 92 valence electrons. The third kappa shape index (κ3) is 1.35. The lowest BCUT2D eigenvalue weighted by atomic mass is 10.3. The van der Waals surface area contributed by atoms with Crippen molar-refractivity contribution in [2.75, 3.05) is 0 Å². The van der Waals surface area contributed by atoms with E-state index < -0.39 is 11.2 Å². The largest absolute Gasteiger partial charge is 0.436 e. The van der Waals surface area contributed by atoms with Crippen LogP contribution in [0.5, 0.6) is 0 Å². The maximum atomic E-state index is 11.9. The molecule has 2 heterocycles.